The largest absolute Gasteiger partial charge is 0.457 e. The molecule has 244 valence electrons. The first kappa shape index (κ1) is 31.0. The molecule has 5 aliphatic carbocycles. The van der Waals surface area contributed by atoms with Crippen LogP contribution in [0.3, 0.4) is 0 Å². The molecule has 0 N–H and O–H groups in total. The van der Waals surface area contributed by atoms with Gasteiger partial charge >= 0.3 is 5.97 Å². The molecule has 5 heteroatoms. The van der Waals surface area contributed by atoms with E-state index in [9.17, 15) is 4.79 Å². The standard InChI is InChI=1S/C39H61N2O3/c1-34(2)18-20-39-21-19-37(6)27(32(39)33(34)43-25-39)10-11-29-36(5)16-13-30(35(3,4)28(36)12-17-38(29,37)7)44-31(42)24-41-22-14-26(15-23-41)40(8)9/h14-15,22-23,27-30,32-33H,10-13,16-21,24-25H2,1-9H3/q+1/t27?,28?,29?,30-,32?,33-,36-,37+,38+,39+/m0/s1. The van der Waals surface area contributed by atoms with E-state index in [1.54, 1.807) is 0 Å². The lowest BCUT2D eigenvalue weighted by Gasteiger charge is -2.73. The van der Waals surface area contributed by atoms with Crippen LogP contribution < -0.4 is 9.47 Å². The SMILES string of the molecule is CN(C)c1cc[n+](CC(=O)O[C@H]2CC[C@@]3(C)C(CC[C@]4(C)C3CCC3C5[C@@H]6OC[C@@]5(CCC6(C)C)CC[C@]34C)C2(C)C)cc1. The Hall–Kier alpha value is -1.62. The van der Waals surface area contributed by atoms with Gasteiger partial charge in [0.15, 0.2) is 12.4 Å². The summed E-state index contributed by atoms with van der Waals surface area (Å²) >= 11 is 0. The number of aromatic nitrogens is 1. The number of carbonyl (C=O) groups is 1. The number of fused-ring (bicyclic) bond motifs is 5. The van der Waals surface area contributed by atoms with E-state index in [2.05, 4.69) is 65.5 Å². The van der Waals surface area contributed by atoms with Crippen molar-refractivity contribution in [2.45, 2.75) is 131 Å². The number of pyridine rings is 1. The Morgan fingerprint density at radius 3 is 2.27 bits per heavy atom. The fourth-order valence-electron chi connectivity index (χ4n) is 13.4. The van der Waals surface area contributed by atoms with E-state index in [4.69, 9.17) is 9.47 Å². The second-order valence-corrected chi connectivity index (χ2v) is 18.7. The van der Waals surface area contributed by atoms with E-state index in [0.29, 0.717) is 39.1 Å². The van der Waals surface area contributed by atoms with E-state index in [-0.39, 0.29) is 24.0 Å². The lowest BCUT2D eigenvalue weighted by molar-refractivity contribution is -0.686. The zero-order valence-corrected chi connectivity index (χ0v) is 29.4. The Balaban J connectivity index is 1.10. The predicted octanol–water partition coefficient (Wildman–Crippen LogP) is 7.84. The molecule has 0 amide bonds. The van der Waals surface area contributed by atoms with Gasteiger partial charge in [-0.1, -0.05) is 48.5 Å². The van der Waals surface area contributed by atoms with Crippen LogP contribution in [0.4, 0.5) is 5.69 Å². The van der Waals surface area contributed by atoms with Gasteiger partial charge in [0.2, 0.25) is 6.54 Å². The number of ether oxygens (including phenoxy) is 2. The Morgan fingerprint density at radius 2 is 1.57 bits per heavy atom. The smallest absolute Gasteiger partial charge is 0.372 e. The van der Waals surface area contributed by atoms with Crippen LogP contribution in [-0.4, -0.2) is 38.9 Å². The molecule has 5 nitrogen and oxygen atoms in total. The Morgan fingerprint density at radius 1 is 0.864 bits per heavy atom. The first-order valence-corrected chi connectivity index (χ1v) is 18.1. The van der Waals surface area contributed by atoms with Crippen LogP contribution in [0, 0.1) is 56.2 Å². The highest BCUT2D eigenvalue weighted by Crippen LogP contribution is 2.78. The highest BCUT2D eigenvalue weighted by molar-refractivity contribution is 5.68. The maximum absolute atomic E-state index is 13.3. The van der Waals surface area contributed by atoms with Gasteiger partial charge in [0.1, 0.15) is 6.10 Å². The minimum absolute atomic E-state index is 0.0159. The average molecular weight is 606 g/mol. The second kappa shape index (κ2) is 9.94. The van der Waals surface area contributed by atoms with Crippen LogP contribution >= 0.6 is 0 Å². The van der Waals surface area contributed by atoms with E-state index >= 15 is 0 Å². The lowest BCUT2D eigenvalue weighted by Crippen LogP contribution is -2.68. The van der Waals surface area contributed by atoms with Gasteiger partial charge in [-0.3, -0.25) is 0 Å². The van der Waals surface area contributed by atoms with Crippen LogP contribution in [0.2, 0.25) is 0 Å². The highest BCUT2D eigenvalue weighted by Gasteiger charge is 2.73. The zero-order chi connectivity index (χ0) is 31.5. The van der Waals surface area contributed by atoms with Crippen molar-refractivity contribution in [2.24, 2.45) is 56.2 Å². The first-order chi connectivity index (χ1) is 20.6. The summed E-state index contributed by atoms with van der Waals surface area (Å²) in [5.74, 6) is 2.75. The molecule has 1 saturated heterocycles. The number of hydrogen-bond donors (Lipinski definition) is 0. The molecular formula is C39H61N2O3+. The van der Waals surface area contributed by atoms with Crippen LogP contribution in [0.5, 0.6) is 0 Å². The van der Waals surface area contributed by atoms with Crippen molar-refractivity contribution in [1.29, 1.82) is 0 Å². The predicted molar refractivity (Wildman–Crippen MR) is 175 cm³/mol. The summed E-state index contributed by atoms with van der Waals surface area (Å²) in [4.78, 5) is 15.3. The second-order valence-electron chi connectivity index (χ2n) is 18.7. The molecule has 2 heterocycles. The third-order valence-corrected chi connectivity index (χ3v) is 16.0. The van der Waals surface area contributed by atoms with Crippen molar-refractivity contribution in [2.75, 3.05) is 25.6 Å². The third kappa shape index (κ3) is 4.18. The lowest BCUT2D eigenvalue weighted by atomic mass is 9.31. The molecular weight excluding hydrogens is 544 g/mol. The molecule has 10 atom stereocenters. The van der Waals surface area contributed by atoms with Gasteiger partial charge in [0.05, 0.1) is 12.7 Å². The Bertz CT molecular complexity index is 1290. The summed E-state index contributed by atoms with van der Waals surface area (Å²) in [6.45, 7) is 19.2. The molecule has 7 rings (SSSR count). The molecule has 2 bridgehead atoms. The van der Waals surface area contributed by atoms with Crippen molar-refractivity contribution in [3.05, 3.63) is 24.5 Å². The zero-order valence-electron chi connectivity index (χ0n) is 29.4. The number of carbonyl (C=O) groups excluding carboxylic acids is 1. The fraction of sp³-hybridized carbons (Fsp3) is 0.846. The van der Waals surface area contributed by atoms with E-state index in [0.717, 1.165) is 36.5 Å². The van der Waals surface area contributed by atoms with Gasteiger partial charge in [-0.05, 0) is 115 Å². The molecule has 1 aliphatic heterocycles. The van der Waals surface area contributed by atoms with Gasteiger partial charge in [-0.25, -0.2) is 4.79 Å². The number of esters is 1. The topological polar surface area (TPSA) is 42.7 Å². The molecule has 6 aliphatic rings. The van der Waals surface area contributed by atoms with E-state index in [1.807, 2.05) is 31.1 Å². The fourth-order valence-corrected chi connectivity index (χ4v) is 13.4. The van der Waals surface area contributed by atoms with Crippen LogP contribution in [0.1, 0.15) is 113 Å². The third-order valence-electron chi connectivity index (χ3n) is 16.0. The summed E-state index contributed by atoms with van der Waals surface area (Å²) in [7, 11) is 4.07. The molecule has 4 unspecified atom stereocenters. The van der Waals surface area contributed by atoms with E-state index in [1.165, 1.54) is 57.8 Å². The maximum Gasteiger partial charge on any atom is 0.372 e. The summed E-state index contributed by atoms with van der Waals surface area (Å²) < 4.78 is 15.1. The van der Waals surface area contributed by atoms with Gasteiger partial charge in [0, 0.05) is 37.3 Å². The van der Waals surface area contributed by atoms with Gasteiger partial charge in [-0.15, -0.1) is 0 Å². The minimum Gasteiger partial charge on any atom is -0.457 e. The van der Waals surface area contributed by atoms with Crippen molar-refractivity contribution in [1.82, 2.24) is 0 Å². The monoisotopic (exact) mass is 605 g/mol. The Labute approximate surface area is 267 Å². The van der Waals surface area contributed by atoms with Crippen LogP contribution in [0.15, 0.2) is 24.5 Å². The van der Waals surface area contributed by atoms with Crippen molar-refractivity contribution < 1.29 is 18.8 Å². The van der Waals surface area contributed by atoms with Gasteiger partial charge in [-0.2, -0.15) is 4.57 Å². The van der Waals surface area contributed by atoms with Crippen LogP contribution in [0.25, 0.3) is 0 Å². The van der Waals surface area contributed by atoms with Crippen molar-refractivity contribution in [3.8, 4) is 0 Å². The molecule has 1 aromatic heterocycles. The normalized spacial score (nSPS) is 46.6. The molecule has 0 spiro atoms. The molecule has 1 aromatic rings. The molecule has 5 saturated carbocycles. The summed E-state index contributed by atoms with van der Waals surface area (Å²) in [5.41, 5.74) is 2.89. The molecule has 6 fully saturated rings. The maximum atomic E-state index is 13.3. The average Bonchev–Trinajstić information content (AvgIpc) is 3.29. The number of rotatable bonds is 4. The van der Waals surface area contributed by atoms with E-state index < -0.39 is 0 Å². The summed E-state index contributed by atoms with van der Waals surface area (Å²) in [5, 5.41) is 0. The molecule has 0 radical (unpaired) electrons. The van der Waals surface area contributed by atoms with Crippen molar-refractivity contribution >= 4 is 11.7 Å². The summed E-state index contributed by atoms with van der Waals surface area (Å²) in [6.07, 6.45) is 17.3. The first-order valence-electron chi connectivity index (χ1n) is 18.1. The minimum atomic E-state index is -0.105. The Kier molecular flexibility index (Phi) is 7.01. The van der Waals surface area contributed by atoms with Gasteiger partial charge in [0.25, 0.3) is 0 Å². The quantitative estimate of drug-likeness (QED) is 0.259. The number of anilines is 1. The van der Waals surface area contributed by atoms with Crippen LogP contribution in [-0.2, 0) is 20.8 Å². The number of hydrogen-bond acceptors (Lipinski definition) is 4. The van der Waals surface area contributed by atoms with Gasteiger partial charge < -0.3 is 14.4 Å². The number of nitrogens with zero attached hydrogens (tertiary/aromatic N) is 2. The highest BCUT2D eigenvalue weighted by atomic mass is 16.5. The molecule has 44 heavy (non-hydrogen) atoms. The molecule has 0 aromatic carbocycles. The summed E-state index contributed by atoms with van der Waals surface area (Å²) in [6, 6.07) is 4.10. The van der Waals surface area contributed by atoms with Crippen molar-refractivity contribution in [3.63, 3.8) is 0 Å².